The second-order valence-corrected chi connectivity index (χ2v) is 5.97. The summed E-state index contributed by atoms with van der Waals surface area (Å²) < 4.78 is 10.9. The molecule has 0 spiro atoms. The van der Waals surface area contributed by atoms with Gasteiger partial charge in [0.1, 0.15) is 6.61 Å². The van der Waals surface area contributed by atoms with Crippen LogP contribution in [-0.2, 0) is 14.3 Å². The number of likely N-dealkylation sites (N-methyl/N-ethyl adjacent to an activating group) is 1. The molecule has 3 aliphatic rings. The molecule has 5 nitrogen and oxygen atoms in total. The Hall–Kier alpha value is -0.650. The summed E-state index contributed by atoms with van der Waals surface area (Å²) in [5.74, 6) is 0.633. The van der Waals surface area contributed by atoms with Gasteiger partial charge >= 0.3 is 0 Å². The van der Waals surface area contributed by atoms with Crippen LogP contribution < -0.4 is 0 Å². The van der Waals surface area contributed by atoms with Gasteiger partial charge in [0.05, 0.1) is 6.61 Å². The molecule has 0 aliphatic carbocycles. The molecule has 3 fully saturated rings. The van der Waals surface area contributed by atoms with Crippen molar-refractivity contribution in [2.45, 2.75) is 31.3 Å². The van der Waals surface area contributed by atoms with Crippen molar-refractivity contribution < 1.29 is 14.3 Å². The van der Waals surface area contributed by atoms with Gasteiger partial charge in [0, 0.05) is 44.8 Å². The highest BCUT2D eigenvalue weighted by Crippen LogP contribution is 2.27. The third-order valence-corrected chi connectivity index (χ3v) is 4.91. The third kappa shape index (κ3) is 2.78. The van der Waals surface area contributed by atoms with Crippen molar-refractivity contribution in [2.75, 3.05) is 46.6 Å². The van der Waals surface area contributed by atoms with E-state index in [1.54, 1.807) is 0 Å². The van der Waals surface area contributed by atoms with Crippen molar-refractivity contribution in [3.63, 3.8) is 0 Å². The van der Waals surface area contributed by atoms with Gasteiger partial charge in [0.2, 0.25) is 5.91 Å². The molecule has 0 aromatic rings. The Labute approximate surface area is 114 Å². The van der Waals surface area contributed by atoms with Crippen molar-refractivity contribution in [3.05, 3.63) is 0 Å². The number of fused-ring (bicyclic) bond motifs is 1. The van der Waals surface area contributed by atoms with E-state index in [0.29, 0.717) is 18.0 Å². The Kier molecular flexibility index (Phi) is 4.05. The third-order valence-electron chi connectivity index (χ3n) is 4.91. The molecule has 0 aromatic carbocycles. The van der Waals surface area contributed by atoms with Crippen LogP contribution in [0.3, 0.4) is 0 Å². The number of amides is 1. The fraction of sp³-hybridized carbons (Fsp3) is 0.929. The van der Waals surface area contributed by atoms with Gasteiger partial charge in [-0.2, -0.15) is 0 Å². The summed E-state index contributed by atoms with van der Waals surface area (Å²) in [4.78, 5) is 16.4. The summed E-state index contributed by atoms with van der Waals surface area (Å²) in [6.07, 6.45) is 3.40. The van der Waals surface area contributed by atoms with Crippen LogP contribution in [0.1, 0.15) is 19.3 Å². The fourth-order valence-corrected chi connectivity index (χ4v) is 3.60. The molecular weight excluding hydrogens is 244 g/mol. The lowest BCUT2D eigenvalue weighted by Crippen LogP contribution is -2.56. The molecule has 5 heteroatoms. The smallest absolute Gasteiger partial charge is 0.248 e. The average Bonchev–Trinajstić information content (AvgIpc) is 2.60. The molecule has 2 atom stereocenters. The molecule has 19 heavy (non-hydrogen) atoms. The number of carbonyl (C=O) groups is 1. The number of piperidine rings is 1. The standard InChI is InChI=1S/C14H24N2O3/c1-15-13-8-16(12-3-6-18-7-4-12)5-2-11(13)9-19-10-14(15)17/h11-13H,2-10H2,1H3/t11-,13-/m0/s1. The molecule has 0 N–H and O–H groups in total. The molecule has 0 radical (unpaired) electrons. The predicted octanol–water partition coefficient (Wildman–Crippen LogP) is 0.345. The van der Waals surface area contributed by atoms with Gasteiger partial charge in [0.25, 0.3) is 0 Å². The molecule has 0 unspecified atom stereocenters. The maximum atomic E-state index is 11.9. The quantitative estimate of drug-likeness (QED) is 0.688. The van der Waals surface area contributed by atoms with Crippen molar-refractivity contribution >= 4 is 5.91 Å². The van der Waals surface area contributed by atoms with Crippen LogP contribution in [0.5, 0.6) is 0 Å². The molecule has 3 rings (SSSR count). The lowest BCUT2D eigenvalue weighted by atomic mass is 9.89. The molecule has 3 heterocycles. The van der Waals surface area contributed by atoms with E-state index in [-0.39, 0.29) is 12.5 Å². The predicted molar refractivity (Wildman–Crippen MR) is 70.9 cm³/mol. The molecule has 0 aromatic heterocycles. The van der Waals surface area contributed by atoms with Crippen LogP contribution in [0.2, 0.25) is 0 Å². The topological polar surface area (TPSA) is 42.0 Å². The van der Waals surface area contributed by atoms with E-state index >= 15 is 0 Å². The lowest BCUT2D eigenvalue weighted by molar-refractivity contribution is -0.135. The number of hydrogen-bond donors (Lipinski definition) is 0. The largest absolute Gasteiger partial charge is 0.381 e. The maximum Gasteiger partial charge on any atom is 0.248 e. The number of likely N-dealkylation sites (tertiary alicyclic amines) is 1. The first-order chi connectivity index (χ1) is 9.25. The zero-order valence-corrected chi connectivity index (χ0v) is 11.7. The monoisotopic (exact) mass is 268 g/mol. The minimum Gasteiger partial charge on any atom is -0.381 e. The second kappa shape index (κ2) is 5.77. The zero-order valence-electron chi connectivity index (χ0n) is 11.7. The Balaban J connectivity index is 1.67. The van der Waals surface area contributed by atoms with Crippen LogP contribution in [0.25, 0.3) is 0 Å². The molecule has 0 bridgehead atoms. The highest BCUT2D eigenvalue weighted by molar-refractivity contribution is 5.77. The molecule has 3 saturated heterocycles. The van der Waals surface area contributed by atoms with Gasteiger partial charge < -0.3 is 14.4 Å². The molecule has 0 saturated carbocycles. The number of carbonyl (C=O) groups excluding carboxylic acids is 1. The minimum atomic E-state index is 0.126. The number of nitrogens with zero attached hydrogens (tertiary/aromatic N) is 2. The molecule has 108 valence electrons. The Morgan fingerprint density at radius 1 is 1.16 bits per heavy atom. The number of ether oxygens (including phenoxy) is 2. The van der Waals surface area contributed by atoms with Crippen molar-refractivity contribution in [1.82, 2.24) is 9.80 Å². The number of hydrogen-bond acceptors (Lipinski definition) is 4. The normalized spacial score (nSPS) is 35.0. The van der Waals surface area contributed by atoms with Gasteiger partial charge in [-0.25, -0.2) is 0 Å². The summed E-state index contributed by atoms with van der Waals surface area (Å²) in [5, 5.41) is 0. The Morgan fingerprint density at radius 2 is 1.95 bits per heavy atom. The summed E-state index contributed by atoms with van der Waals surface area (Å²) in [5.41, 5.74) is 0. The van der Waals surface area contributed by atoms with E-state index < -0.39 is 0 Å². The number of rotatable bonds is 1. The highest BCUT2D eigenvalue weighted by Gasteiger charge is 2.38. The van der Waals surface area contributed by atoms with E-state index in [9.17, 15) is 4.79 Å². The summed E-state index contributed by atoms with van der Waals surface area (Å²) >= 11 is 0. The zero-order chi connectivity index (χ0) is 13.2. The fourth-order valence-electron chi connectivity index (χ4n) is 3.60. The van der Waals surface area contributed by atoms with Crippen molar-refractivity contribution in [3.8, 4) is 0 Å². The average molecular weight is 268 g/mol. The van der Waals surface area contributed by atoms with E-state index in [2.05, 4.69) is 4.90 Å². The highest BCUT2D eigenvalue weighted by atomic mass is 16.5. The van der Waals surface area contributed by atoms with E-state index in [1.807, 2.05) is 11.9 Å². The first kappa shape index (κ1) is 13.3. The lowest BCUT2D eigenvalue weighted by Gasteiger charge is -2.45. The maximum absolute atomic E-state index is 11.9. The Bertz CT molecular complexity index is 331. The van der Waals surface area contributed by atoms with Crippen molar-refractivity contribution in [1.29, 1.82) is 0 Å². The molecule has 1 amide bonds. The van der Waals surface area contributed by atoms with Crippen molar-refractivity contribution in [2.24, 2.45) is 5.92 Å². The van der Waals surface area contributed by atoms with Crippen LogP contribution in [-0.4, -0.2) is 74.4 Å². The summed E-state index contributed by atoms with van der Waals surface area (Å²) in [7, 11) is 1.93. The SMILES string of the molecule is CN1C(=O)COC[C@@H]2CCN(C3CCOCC3)C[C@@H]21. The Morgan fingerprint density at radius 3 is 2.74 bits per heavy atom. The van der Waals surface area contributed by atoms with Crippen LogP contribution in [0.15, 0.2) is 0 Å². The summed E-state index contributed by atoms with van der Waals surface area (Å²) in [6.45, 7) is 4.89. The van der Waals surface area contributed by atoms with Gasteiger partial charge in [-0.15, -0.1) is 0 Å². The minimum absolute atomic E-state index is 0.126. The van der Waals surface area contributed by atoms with Gasteiger partial charge in [-0.05, 0) is 25.8 Å². The van der Waals surface area contributed by atoms with Gasteiger partial charge in [-0.1, -0.05) is 0 Å². The first-order valence-corrected chi connectivity index (χ1v) is 7.41. The van der Waals surface area contributed by atoms with Crippen LogP contribution in [0, 0.1) is 5.92 Å². The van der Waals surface area contributed by atoms with Crippen LogP contribution in [0.4, 0.5) is 0 Å². The van der Waals surface area contributed by atoms with Gasteiger partial charge in [-0.3, -0.25) is 9.69 Å². The van der Waals surface area contributed by atoms with E-state index in [4.69, 9.17) is 9.47 Å². The summed E-state index contributed by atoms with van der Waals surface area (Å²) in [6, 6.07) is 0.967. The van der Waals surface area contributed by atoms with E-state index in [0.717, 1.165) is 52.2 Å². The van der Waals surface area contributed by atoms with E-state index in [1.165, 1.54) is 0 Å². The molecular formula is C14H24N2O3. The first-order valence-electron chi connectivity index (χ1n) is 7.41. The molecule has 3 aliphatic heterocycles. The van der Waals surface area contributed by atoms with Crippen LogP contribution >= 0.6 is 0 Å². The second-order valence-electron chi connectivity index (χ2n) is 5.97. The van der Waals surface area contributed by atoms with Gasteiger partial charge in [0.15, 0.2) is 0 Å².